The van der Waals surface area contributed by atoms with Crippen LogP contribution in [0.1, 0.15) is 45.4 Å². The van der Waals surface area contributed by atoms with Crippen LogP contribution >= 0.6 is 0 Å². The summed E-state index contributed by atoms with van der Waals surface area (Å²) in [5.74, 6) is -0.106. The Morgan fingerprint density at radius 2 is 2.00 bits per heavy atom. The average molecular weight is 350 g/mol. The van der Waals surface area contributed by atoms with Crippen molar-refractivity contribution in [2.24, 2.45) is 0 Å². The number of fused-ring (bicyclic) bond motifs is 1. The predicted octanol–water partition coefficient (Wildman–Crippen LogP) is 3.79. The first-order valence-electron chi connectivity index (χ1n) is 8.98. The van der Waals surface area contributed by atoms with Crippen molar-refractivity contribution in [3.8, 4) is 0 Å². The summed E-state index contributed by atoms with van der Waals surface area (Å²) in [4.78, 5) is 16.9. The van der Waals surface area contributed by atoms with Crippen LogP contribution in [0.15, 0.2) is 30.5 Å². The molecule has 3 rings (SSSR count). The number of pyridine rings is 1. The van der Waals surface area contributed by atoms with Crippen molar-refractivity contribution < 1.29 is 4.79 Å². The fraction of sp³-hybridized carbons (Fsp3) is 0.333. The molecule has 2 N–H and O–H groups in total. The van der Waals surface area contributed by atoms with Gasteiger partial charge in [-0.1, -0.05) is 25.1 Å². The number of aryl methyl sites for hydroxylation is 4. The molecule has 0 fully saturated rings. The van der Waals surface area contributed by atoms with E-state index in [-0.39, 0.29) is 5.91 Å². The summed E-state index contributed by atoms with van der Waals surface area (Å²) in [5, 5.41) is 6.22. The van der Waals surface area contributed by atoms with Crippen LogP contribution in [0.2, 0.25) is 0 Å². The minimum absolute atomic E-state index is 0.106. The number of hydrogen-bond donors (Lipinski definition) is 2. The summed E-state index contributed by atoms with van der Waals surface area (Å²) in [6, 6.07) is 8.29. The number of imidazole rings is 1. The maximum absolute atomic E-state index is 12.2. The number of benzene rings is 1. The number of hydrogen-bond acceptors (Lipinski definition) is 3. The SMILES string of the molecule is CCc1cccc(C)c1CNc1cc(C(=O)NC)cn2c(C)c(C)nc12. The zero-order valence-corrected chi connectivity index (χ0v) is 16.1. The minimum atomic E-state index is -0.106. The molecule has 1 amide bonds. The van der Waals surface area contributed by atoms with Gasteiger partial charge in [0.25, 0.3) is 5.91 Å². The van der Waals surface area contributed by atoms with E-state index in [2.05, 4.69) is 47.7 Å². The van der Waals surface area contributed by atoms with Gasteiger partial charge in [0.1, 0.15) is 0 Å². The number of carbonyl (C=O) groups excluding carboxylic acids is 1. The number of amides is 1. The summed E-state index contributed by atoms with van der Waals surface area (Å²) in [7, 11) is 1.65. The van der Waals surface area contributed by atoms with Crippen molar-refractivity contribution in [2.75, 3.05) is 12.4 Å². The molecule has 0 spiro atoms. The van der Waals surface area contributed by atoms with Gasteiger partial charge in [0.2, 0.25) is 0 Å². The highest BCUT2D eigenvalue weighted by atomic mass is 16.1. The Bertz CT molecular complexity index is 972. The predicted molar refractivity (Wildman–Crippen MR) is 106 cm³/mol. The van der Waals surface area contributed by atoms with Crippen LogP contribution in [0.3, 0.4) is 0 Å². The molecule has 0 saturated heterocycles. The lowest BCUT2D eigenvalue weighted by atomic mass is 10.00. The Balaban J connectivity index is 2.04. The highest BCUT2D eigenvalue weighted by molar-refractivity contribution is 5.95. The molecule has 2 heterocycles. The Morgan fingerprint density at radius 1 is 1.23 bits per heavy atom. The van der Waals surface area contributed by atoms with E-state index < -0.39 is 0 Å². The van der Waals surface area contributed by atoms with Gasteiger partial charge in [0, 0.05) is 25.5 Å². The molecule has 2 aromatic heterocycles. The molecule has 0 unspecified atom stereocenters. The summed E-state index contributed by atoms with van der Waals surface area (Å²) < 4.78 is 1.99. The zero-order valence-electron chi connectivity index (χ0n) is 16.1. The summed E-state index contributed by atoms with van der Waals surface area (Å²) >= 11 is 0. The maximum Gasteiger partial charge on any atom is 0.252 e. The van der Waals surface area contributed by atoms with E-state index in [1.54, 1.807) is 7.05 Å². The number of nitrogens with one attached hydrogen (secondary N) is 2. The van der Waals surface area contributed by atoms with E-state index in [0.29, 0.717) is 12.1 Å². The molecule has 5 nitrogen and oxygen atoms in total. The zero-order chi connectivity index (χ0) is 18.8. The molecule has 3 aromatic rings. The van der Waals surface area contributed by atoms with Crippen LogP contribution in [0.25, 0.3) is 5.65 Å². The molecule has 26 heavy (non-hydrogen) atoms. The van der Waals surface area contributed by atoms with Crippen LogP contribution in [-0.2, 0) is 13.0 Å². The summed E-state index contributed by atoms with van der Waals surface area (Å²) in [6.45, 7) is 9.01. The molecule has 0 bridgehead atoms. The normalized spacial score (nSPS) is 11.0. The smallest absolute Gasteiger partial charge is 0.252 e. The molecule has 0 radical (unpaired) electrons. The standard InChI is InChI=1S/C21H26N4O/c1-6-16-9-7-8-13(2)18(16)11-23-19-10-17(21(26)22-5)12-25-15(4)14(3)24-20(19)25/h7-10,12,23H,6,11H2,1-5H3,(H,22,26). The van der Waals surface area contributed by atoms with Crippen molar-refractivity contribution in [3.05, 3.63) is 64.1 Å². The van der Waals surface area contributed by atoms with E-state index >= 15 is 0 Å². The molecule has 1 aromatic carbocycles. The Labute approximate surface area is 154 Å². The van der Waals surface area contributed by atoms with Gasteiger partial charge >= 0.3 is 0 Å². The molecular weight excluding hydrogens is 324 g/mol. The first-order valence-corrected chi connectivity index (χ1v) is 8.98. The third-order valence-corrected chi connectivity index (χ3v) is 5.03. The van der Waals surface area contributed by atoms with Crippen LogP contribution in [0.4, 0.5) is 5.69 Å². The fourth-order valence-electron chi connectivity index (χ4n) is 3.30. The molecule has 0 saturated carbocycles. The van der Waals surface area contributed by atoms with E-state index in [1.165, 1.54) is 16.7 Å². The topological polar surface area (TPSA) is 58.4 Å². The summed E-state index contributed by atoms with van der Waals surface area (Å²) in [5.41, 5.74) is 8.25. The second-order valence-electron chi connectivity index (χ2n) is 6.62. The van der Waals surface area contributed by atoms with Gasteiger partial charge in [-0.15, -0.1) is 0 Å². The van der Waals surface area contributed by atoms with Gasteiger partial charge in [-0.05, 0) is 49.9 Å². The number of anilines is 1. The second kappa shape index (κ2) is 7.20. The van der Waals surface area contributed by atoms with Crippen LogP contribution < -0.4 is 10.6 Å². The van der Waals surface area contributed by atoms with Gasteiger partial charge in [0.15, 0.2) is 5.65 Å². The van der Waals surface area contributed by atoms with E-state index in [1.807, 2.05) is 30.5 Å². The van der Waals surface area contributed by atoms with Gasteiger partial charge < -0.3 is 15.0 Å². The van der Waals surface area contributed by atoms with Gasteiger partial charge in [0.05, 0.1) is 16.9 Å². The molecule has 136 valence electrons. The molecule has 0 aliphatic rings. The van der Waals surface area contributed by atoms with E-state index in [4.69, 9.17) is 0 Å². The van der Waals surface area contributed by atoms with Crippen molar-refractivity contribution in [1.82, 2.24) is 14.7 Å². The molecule has 5 heteroatoms. The van der Waals surface area contributed by atoms with Crippen molar-refractivity contribution in [3.63, 3.8) is 0 Å². The van der Waals surface area contributed by atoms with Crippen molar-refractivity contribution in [1.29, 1.82) is 0 Å². The van der Waals surface area contributed by atoms with Gasteiger partial charge in [-0.2, -0.15) is 0 Å². The van der Waals surface area contributed by atoms with Gasteiger partial charge in [-0.3, -0.25) is 4.79 Å². The Hall–Kier alpha value is -2.82. The highest BCUT2D eigenvalue weighted by Gasteiger charge is 2.14. The highest BCUT2D eigenvalue weighted by Crippen LogP contribution is 2.24. The Morgan fingerprint density at radius 3 is 2.69 bits per heavy atom. The lowest BCUT2D eigenvalue weighted by Gasteiger charge is -2.15. The molecule has 0 atom stereocenters. The third kappa shape index (κ3) is 3.17. The number of aromatic nitrogens is 2. The largest absolute Gasteiger partial charge is 0.378 e. The minimum Gasteiger partial charge on any atom is -0.378 e. The van der Waals surface area contributed by atoms with Crippen LogP contribution in [0.5, 0.6) is 0 Å². The van der Waals surface area contributed by atoms with Crippen LogP contribution in [-0.4, -0.2) is 22.3 Å². The number of rotatable bonds is 5. The summed E-state index contributed by atoms with van der Waals surface area (Å²) in [6.07, 6.45) is 2.84. The van der Waals surface area contributed by atoms with Gasteiger partial charge in [-0.25, -0.2) is 4.98 Å². The first kappa shape index (κ1) is 18.0. The first-order chi connectivity index (χ1) is 12.5. The van der Waals surface area contributed by atoms with E-state index in [0.717, 1.165) is 29.1 Å². The van der Waals surface area contributed by atoms with E-state index in [9.17, 15) is 4.79 Å². The Kier molecular flexibility index (Phi) is 4.98. The maximum atomic E-state index is 12.2. The molecule has 0 aliphatic carbocycles. The third-order valence-electron chi connectivity index (χ3n) is 5.03. The average Bonchev–Trinajstić information content (AvgIpc) is 2.94. The fourth-order valence-corrected chi connectivity index (χ4v) is 3.30. The molecule has 0 aliphatic heterocycles. The quantitative estimate of drug-likeness (QED) is 0.736. The number of nitrogens with zero attached hydrogens (tertiary/aromatic N) is 2. The van der Waals surface area contributed by atoms with Crippen LogP contribution in [0, 0.1) is 20.8 Å². The lowest BCUT2D eigenvalue weighted by molar-refractivity contribution is 0.0962. The lowest BCUT2D eigenvalue weighted by Crippen LogP contribution is -2.19. The monoisotopic (exact) mass is 350 g/mol. The molecular formula is C21H26N4O. The van der Waals surface area contributed by atoms with Crippen molar-refractivity contribution in [2.45, 2.75) is 40.7 Å². The van der Waals surface area contributed by atoms with Crippen molar-refractivity contribution >= 4 is 17.2 Å². The number of carbonyl (C=O) groups is 1. The second-order valence-corrected chi connectivity index (χ2v) is 6.62.